The number of furan rings is 1. The minimum absolute atomic E-state index is 0.0757. The molecule has 0 aliphatic carbocycles. The first-order valence-electron chi connectivity index (χ1n) is 25.6. The fraction of sp³-hybridized carbons (Fsp3) is 0. The van der Waals surface area contributed by atoms with Crippen molar-refractivity contribution in [3.05, 3.63) is 242 Å². The average molecular weight is 837 g/mol. The predicted molar refractivity (Wildman–Crippen MR) is 274 cm³/mol. The van der Waals surface area contributed by atoms with E-state index in [4.69, 9.17) is 4.42 Å². The molecule has 0 saturated carbocycles. The van der Waals surface area contributed by atoms with E-state index in [-0.39, 0.29) is 46.7 Å². The first-order chi connectivity index (χ1) is 35.6. The van der Waals surface area contributed by atoms with E-state index in [1.807, 2.05) is 170 Å². The Morgan fingerprint density at radius 2 is 1.11 bits per heavy atom. The molecule has 0 bridgehead atoms. The van der Waals surface area contributed by atoms with Gasteiger partial charge < -0.3 is 13.9 Å². The normalized spacial score (nSPS) is 13.4. The van der Waals surface area contributed by atoms with E-state index in [1.54, 1.807) is 18.2 Å². The molecule has 0 aliphatic rings. The molecule has 13 aromatic rings. The number of nitrogens with zero attached hydrogens (tertiary/aromatic N) is 2. The van der Waals surface area contributed by atoms with Gasteiger partial charge in [0.25, 0.3) is 0 Å². The minimum Gasteiger partial charge on any atom is -0.455 e. The second-order valence-corrected chi connectivity index (χ2v) is 16.2. The van der Waals surface area contributed by atoms with Crippen LogP contribution in [0.3, 0.4) is 0 Å². The molecule has 304 valence electrons. The second kappa shape index (κ2) is 15.0. The van der Waals surface area contributed by atoms with Crippen molar-refractivity contribution in [1.82, 2.24) is 4.57 Å². The molecule has 2 heterocycles. The zero-order chi connectivity index (χ0) is 49.8. The highest BCUT2D eigenvalue weighted by Gasteiger charge is 2.22. The van der Waals surface area contributed by atoms with Gasteiger partial charge in [0.1, 0.15) is 11.2 Å². The Kier molecular flexibility index (Phi) is 6.84. The van der Waals surface area contributed by atoms with Crippen LogP contribution in [0.2, 0.25) is 0 Å². The van der Waals surface area contributed by atoms with Crippen molar-refractivity contribution >= 4 is 82.4 Å². The maximum atomic E-state index is 10.2. The van der Waals surface area contributed by atoms with E-state index >= 15 is 0 Å². The first-order valence-corrected chi connectivity index (χ1v) is 21.6. The van der Waals surface area contributed by atoms with Gasteiger partial charge in [-0.1, -0.05) is 164 Å². The van der Waals surface area contributed by atoms with Gasteiger partial charge in [0, 0.05) is 38.6 Å². The Balaban J connectivity index is 1.08. The van der Waals surface area contributed by atoms with Crippen molar-refractivity contribution in [1.29, 1.82) is 0 Å². The molecule has 0 amide bonds. The maximum absolute atomic E-state index is 10.2. The lowest BCUT2D eigenvalue weighted by molar-refractivity contribution is 0.672. The topological polar surface area (TPSA) is 21.3 Å². The van der Waals surface area contributed by atoms with Crippen LogP contribution in [-0.4, -0.2) is 4.57 Å². The van der Waals surface area contributed by atoms with Crippen LogP contribution in [0.4, 0.5) is 17.1 Å². The standard InChI is InChI=1S/C62H40N2O/c1-2-20-48(21-3-1)64-57-27-9-8-25-54(57)56-40-46(33-37-58(56)64)45-18-11-22-50(39-45)63(59-28-13-29-60-61(59)55-36-32-43-15-5-7-24-53(43)62(55)65-60)49-34-30-41(31-35-49)44-17-10-19-47(38-44)52-26-12-16-42-14-4-6-23-51(42)52/h1-40H/i11D,18D,22D,30D,31D,34D,35D,39D. The van der Waals surface area contributed by atoms with Crippen molar-refractivity contribution in [2.24, 2.45) is 0 Å². The summed E-state index contributed by atoms with van der Waals surface area (Å²) in [5.41, 5.74) is 6.68. The van der Waals surface area contributed by atoms with E-state index in [9.17, 15) is 11.0 Å². The summed E-state index contributed by atoms with van der Waals surface area (Å²) in [6.07, 6.45) is 0. The van der Waals surface area contributed by atoms with Crippen LogP contribution in [0.5, 0.6) is 0 Å². The van der Waals surface area contributed by atoms with Crippen molar-refractivity contribution in [2.45, 2.75) is 0 Å². The largest absolute Gasteiger partial charge is 0.455 e. The summed E-state index contributed by atoms with van der Waals surface area (Å²) in [5, 5.41) is 6.94. The van der Waals surface area contributed by atoms with Gasteiger partial charge >= 0.3 is 0 Å². The number of fused-ring (bicyclic) bond motifs is 9. The van der Waals surface area contributed by atoms with E-state index < -0.39 is 24.2 Å². The van der Waals surface area contributed by atoms with Gasteiger partial charge in [0.05, 0.1) is 33.1 Å². The van der Waals surface area contributed by atoms with Crippen LogP contribution in [0.25, 0.3) is 104 Å². The Morgan fingerprint density at radius 3 is 1.98 bits per heavy atom. The molecule has 65 heavy (non-hydrogen) atoms. The van der Waals surface area contributed by atoms with Crippen molar-refractivity contribution in [3.8, 4) is 39.1 Å². The molecule has 0 fully saturated rings. The van der Waals surface area contributed by atoms with Crippen LogP contribution < -0.4 is 4.90 Å². The van der Waals surface area contributed by atoms with E-state index in [0.717, 1.165) is 60.2 Å². The predicted octanol–water partition coefficient (Wildman–Crippen LogP) is 17.5. The SMILES string of the molecule is [2H]c1c([2H])c(-c2ccc3c(c2)c2ccccc2n3-c2ccccc2)c([2H])c(N(c2c([2H])c([2H])c(-c3cccc(-c4cccc5ccccc45)c3)c([2H])c2[2H])c2cccc3oc4c5ccccc5ccc4c23)c1[2H]. The quantitative estimate of drug-likeness (QED) is 0.159. The molecular weight excluding hydrogens is 789 g/mol. The molecule has 0 atom stereocenters. The molecule has 0 unspecified atom stereocenters. The number of benzene rings is 11. The molecule has 11 aromatic carbocycles. The molecule has 0 N–H and O–H groups in total. The van der Waals surface area contributed by atoms with Gasteiger partial charge in [-0.05, 0) is 128 Å². The van der Waals surface area contributed by atoms with Crippen LogP contribution in [-0.2, 0) is 0 Å². The average Bonchev–Trinajstić information content (AvgIpc) is 3.98. The summed E-state index contributed by atoms with van der Waals surface area (Å²) in [7, 11) is 0. The summed E-state index contributed by atoms with van der Waals surface area (Å²) in [4.78, 5) is 1.43. The Morgan fingerprint density at radius 1 is 0.415 bits per heavy atom. The summed E-state index contributed by atoms with van der Waals surface area (Å²) in [6.45, 7) is 0. The fourth-order valence-corrected chi connectivity index (χ4v) is 9.53. The van der Waals surface area contributed by atoms with E-state index in [1.165, 1.54) is 4.90 Å². The lowest BCUT2D eigenvalue weighted by Crippen LogP contribution is -2.10. The third-order valence-electron chi connectivity index (χ3n) is 12.5. The number of anilines is 3. The monoisotopic (exact) mass is 836 g/mol. The van der Waals surface area contributed by atoms with Gasteiger partial charge in [-0.15, -0.1) is 0 Å². The molecule has 3 nitrogen and oxygen atoms in total. The van der Waals surface area contributed by atoms with Crippen LogP contribution in [0.15, 0.2) is 247 Å². The molecule has 0 radical (unpaired) electrons. The highest BCUT2D eigenvalue weighted by Crippen LogP contribution is 2.46. The van der Waals surface area contributed by atoms with Crippen LogP contribution >= 0.6 is 0 Å². The Labute approximate surface area is 387 Å². The van der Waals surface area contributed by atoms with Gasteiger partial charge in [-0.2, -0.15) is 0 Å². The van der Waals surface area contributed by atoms with Crippen molar-refractivity contribution < 1.29 is 15.4 Å². The lowest BCUT2D eigenvalue weighted by atomic mass is 9.95. The van der Waals surface area contributed by atoms with Gasteiger partial charge in [-0.3, -0.25) is 0 Å². The number of hydrogen-bond donors (Lipinski definition) is 0. The fourth-order valence-electron chi connectivity index (χ4n) is 9.53. The van der Waals surface area contributed by atoms with Crippen LogP contribution in [0, 0.1) is 0 Å². The van der Waals surface area contributed by atoms with Gasteiger partial charge in [0.2, 0.25) is 0 Å². The number of rotatable bonds is 7. The highest BCUT2D eigenvalue weighted by atomic mass is 16.3. The first kappa shape index (κ1) is 29.6. The Bertz CT molecular complexity index is 4410. The third kappa shape index (κ3) is 6.12. The molecular formula is C62H40N2O. The molecule has 0 saturated heterocycles. The zero-order valence-corrected chi connectivity index (χ0v) is 34.8. The number of aromatic nitrogens is 1. The lowest BCUT2D eigenvalue weighted by Gasteiger charge is -2.27. The number of hydrogen-bond acceptors (Lipinski definition) is 2. The third-order valence-corrected chi connectivity index (χ3v) is 12.5. The zero-order valence-electron chi connectivity index (χ0n) is 42.8. The molecule has 13 rings (SSSR count). The van der Waals surface area contributed by atoms with Crippen molar-refractivity contribution in [2.75, 3.05) is 4.90 Å². The van der Waals surface area contributed by atoms with E-state index in [0.29, 0.717) is 38.8 Å². The van der Waals surface area contributed by atoms with E-state index in [2.05, 4.69) is 10.6 Å². The smallest absolute Gasteiger partial charge is 0.143 e. The van der Waals surface area contributed by atoms with Gasteiger partial charge in [0.15, 0.2) is 0 Å². The van der Waals surface area contributed by atoms with Crippen molar-refractivity contribution in [3.63, 3.8) is 0 Å². The summed E-state index contributed by atoms with van der Waals surface area (Å²) >= 11 is 0. The van der Waals surface area contributed by atoms with Gasteiger partial charge in [-0.25, -0.2) is 0 Å². The molecule has 2 aromatic heterocycles. The number of para-hydroxylation sites is 2. The Hall–Kier alpha value is -8.66. The maximum Gasteiger partial charge on any atom is 0.143 e. The minimum atomic E-state index is -0.487. The summed E-state index contributed by atoms with van der Waals surface area (Å²) < 4.78 is 87.1. The second-order valence-electron chi connectivity index (χ2n) is 16.2. The highest BCUT2D eigenvalue weighted by molar-refractivity contribution is 6.19. The summed E-state index contributed by atoms with van der Waals surface area (Å²) in [5.74, 6) is 0. The summed E-state index contributed by atoms with van der Waals surface area (Å²) in [6, 6.07) is 59.4. The molecule has 0 spiro atoms. The van der Waals surface area contributed by atoms with Crippen LogP contribution in [0.1, 0.15) is 11.0 Å². The molecule has 3 heteroatoms. The molecule has 0 aliphatic heterocycles.